The molecule has 12 heavy (non-hydrogen) atoms. The van der Waals surface area contributed by atoms with Gasteiger partial charge in [0.15, 0.2) is 5.78 Å². The standard InChI is InChI=1S/C11H18O/c1-3-5-6-7-8-10-11(12)9-4-2/h4,8-10H,3,5-7H2,1-2H3/b9-4+,10-8+. The molecule has 0 aromatic heterocycles. The van der Waals surface area contributed by atoms with Crippen molar-refractivity contribution >= 4 is 5.78 Å². The summed E-state index contributed by atoms with van der Waals surface area (Å²) in [5.41, 5.74) is 0. The number of hydrogen-bond donors (Lipinski definition) is 0. The third-order valence-electron chi connectivity index (χ3n) is 1.59. The van der Waals surface area contributed by atoms with Crippen molar-refractivity contribution in [1.82, 2.24) is 0 Å². The highest BCUT2D eigenvalue weighted by Crippen LogP contribution is 1.99. The minimum Gasteiger partial charge on any atom is -0.290 e. The van der Waals surface area contributed by atoms with Crippen LogP contribution in [0.5, 0.6) is 0 Å². The Labute approximate surface area is 75.2 Å². The lowest BCUT2D eigenvalue weighted by atomic mass is 10.2. The average Bonchev–Trinajstić information content (AvgIpc) is 2.05. The summed E-state index contributed by atoms with van der Waals surface area (Å²) >= 11 is 0. The second kappa shape index (κ2) is 8.25. The van der Waals surface area contributed by atoms with E-state index < -0.39 is 0 Å². The highest BCUT2D eigenvalue weighted by molar-refractivity contribution is 5.98. The van der Waals surface area contributed by atoms with E-state index in [-0.39, 0.29) is 5.78 Å². The van der Waals surface area contributed by atoms with E-state index in [1.54, 1.807) is 18.2 Å². The Morgan fingerprint density at radius 3 is 2.58 bits per heavy atom. The van der Waals surface area contributed by atoms with Crippen LogP contribution in [0, 0.1) is 0 Å². The zero-order valence-electron chi connectivity index (χ0n) is 8.05. The normalized spacial score (nSPS) is 11.5. The van der Waals surface area contributed by atoms with E-state index in [2.05, 4.69) is 6.92 Å². The van der Waals surface area contributed by atoms with E-state index in [0.717, 1.165) is 6.42 Å². The first-order valence-corrected chi connectivity index (χ1v) is 4.64. The SMILES string of the molecule is C/C=C/C(=O)/C=C/CCCCC. The van der Waals surface area contributed by atoms with Gasteiger partial charge in [-0.15, -0.1) is 0 Å². The molecule has 0 aromatic rings. The maximum absolute atomic E-state index is 10.9. The van der Waals surface area contributed by atoms with Gasteiger partial charge in [-0.1, -0.05) is 31.9 Å². The zero-order valence-corrected chi connectivity index (χ0v) is 8.05. The first-order chi connectivity index (χ1) is 5.81. The summed E-state index contributed by atoms with van der Waals surface area (Å²) in [5.74, 6) is 0.0917. The van der Waals surface area contributed by atoms with Crippen molar-refractivity contribution in [3.8, 4) is 0 Å². The van der Waals surface area contributed by atoms with Crippen molar-refractivity contribution in [2.24, 2.45) is 0 Å². The topological polar surface area (TPSA) is 17.1 Å². The van der Waals surface area contributed by atoms with Gasteiger partial charge in [0.2, 0.25) is 0 Å². The highest BCUT2D eigenvalue weighted by Gasteiger charge is 1.86. The molecule has 0 aromatic carbocycles. The van der Waals surface area contributed by atoms with Crippen molar-refractivity contribution < 1.29 is 4.79 Å². The molecule has 0 heterocycles. The molecule has 0 saturated heterocycles. The number of rotatable bonds is 6. The fourth-order valence-corrected chi connectivity index (χ4v) is 0.931. The number of carbonyl (C=O) groups is 1. The molecule has 0 spiro atoms. The number of unbranched alkanes of at least 4 members (excludes halogenated alkanes) is 3. The molecule has 0 amide bonds. The molecule has 1 nitrogen and oxygen atoms in total. The first kappa shape index (κ1) is 11.2. The molecule has 0 fully saturated rings. The molecule has 68 valence electrons. The molecule has 0 atom stereocenters. The monoisotopic (exact) mass is 166 g/mol. The summed E-state index contributed by atoms with van der Waals surface area (Å²) in [6, 6.07) is 0. The van der Waals surface area contributed by atoms with Crippen molar-refractivity contribution in [3.05, 3.63) is 24.3 Å². The van der Waals surface area contributed by atoms with E-state index in [4.69, 9.17) is 0 Å². The zero-order chi connectivity index (χ0) is 9.23. The average molecular weight is 166 g/mol. The molecule has 0 aliphatic heterocycles. The van der Waals surface area contributed by atoms with Crippen LogP contribution in [-0.4, -0.2) is 5.78 Å². The third-order valence-corrected chi connectivity index (χ3v) is 1.59. The minimum atomic E-state index is 0.0917. The smallest absolute Gasteiger partial charge is 0.177 e. The molecule has 0 radical (unpaired) electrons. The molecule has 0 bridgehead atoms. The van der Waals surface area contributed by atoms with E-state index in [0.29, 0.717) is 0 Å². The van der Waals surface area contributed by atoms with E-state index >= 15 is 0 Å². The molecule has 0 rings (SSSR count). The molecular formula is C11H18O. The van der Waals surface area contributed by atoms with Crippen LogP contribution in [0.1, 0.15) is 39.5 Å². The fraction of sp³-hybridized carbons (Fsp3) is 0.545. The van der Waals surface area contributed by atoms with E-state index in [1.165, 1.54) is 19.3 Å². The Morgan fingerprint density at radius 2 is 2.00 bits per heavy atom. The lowest BCUT2D eigenvalue weighted by molar-refractivity contribution is -0.110. The highest BCUT2D eigenvalue weighted by atomic mass is 16.1. The first-order valence-electron chi connectivity index (χ1n) is 4.64. The maximum Gasteiger partial charge on any atom is 0.177 e. The number of ketones is 1. The Bertz CT molecular complexity index is 166. The van der Waals surface area contributed by atoms with Crippen LogP contribution in [-0.2, 0) is 4.79 Å². The summed E-state index contributed by atoms with van der Waals surface area (Å²) < 4.78 is 0. The fourth-order valence-electron chi connectivity index (χ4n) is 0.931. The Kier molecular flexibility index (Phi) is 7.66. The van der Waals surface area contributed by atoms with Crippen LogP contribution in [0.4, 0.5) is 0 Å². The summed E-state index contributed by atoms with van der Waals surface area (Å²) in [6.07, 6.45) is 11.6. The van der Waals surface area contributed by atoms with Crippen LogP contribution >= 0.6 is 0 Å². The van der Waals surface area contributed by atoms with Gasteiger partial charge in [-0.25, -0.2) is 0 Å². The Hall–Kier alpha value is -0.850. The summed E-state index contributed by atoms with van der Waals surface area (Å²) in [6.45, 7) is 4.03. The van der Waals surface area contributed by atoms with Crippen LogP contribution in [0.25, 0.3) is 0 Å². The van der Waals surface area contributed by atoms with Crippen LogP contribution in [0.15, 0.2) is 24.3 Å². The van der Waals surface area contributed by atoms with Crippen LogP contribution < -0.4 is 0 Å². The third kappa shape index (κ3) is 7.26. The van der Waals surface area contributed by atoms with Gasteiger partial charge >= 0.3 is 0 Å². The number of allylic oxidation sites excluding steroid dienone is 4. The van der Waals surface area contributed by atoms with Gasteiger partial charge in [0.25, 0.3) is 0 Å². The number of hydrogen-bond acceptors (Lipinski definition) is 1. The van der Waals surface area contributed by atoms with Gasteiger partial charge in [-0.2, -0.15) is 0 Å². The van der Waals surface area contributed by atoms with Gasteiger partial charge in [-0.05, 0) is 31.9 Å². The molecule has 0 aliphatic carbocycles. The second-order valence-corrected chi connectivity index (χ2v) is 2.80. The van der Waals surface area contributed by atoms with Gasteiger partial charge in [0, 0.05) is 0 Å². The van der Waals surface area contributed by atoms with Gasteiger partial charge < -0.3 is 0 Å². The molecule has 0 unspecified atom stereocenters. The lowest BCUT2D eigenvalue weighted by Gasteiger charge is -1.90. The summed E-state index contributed by atoms with van der Waals surface area (Å²) in [4.78, 5) is 10.9. The van der Waals surface area contributed by atoms with Gasteiger partial charge in [-0.3, -0.25) is 4.79 Å². The van der Waals surface area contributed by atoms with Crippen molar-refractivity contribution in [3.63, 3.8) is 0 Å². The van der Waals surface area contributed by atoms with Crippen molar-refractivity contribution in [2.75, 3.05) is 0 Å². The van der Waals surface area contributed by atoms with Gasteiger partial charge in [0.05, 0.1) is 0 Å². The van der Waals surface area contributed by atoms with Crippen LogP contribution in [0.3, 0.4) is 0 Å². The van der Waals surface area contributed by atoms with Crippen molar-refractivity contribution in [1.29, 1.82) is 0 Å². The summed E-state index contributed by atoms with van der Waals surface area (Å²) in [7, 11) is 0. The predicted molar refractivity (Wildman–Crippen MR) is 53.1 cm³/mol. The quantitative estimate of drug-likeness (QED) is 0.437. The second-order valence-electron chi connectivity index (χ2n) is 2.80. The maximum atomic E-state index is 10.9. The van der Waals surface area contributed by atoms with Crippen LogP contribution in [0.2, 0.25) is 0 Å². The molecule has 0 N–H and O–H groups in total. The lowest BCUT2D eigenvalue weighted by Crippen LogP contribution is -1.83. The molecular weight excluding hydrogens is 148 g/mol. The summed E-state index contributed by atoms with van der Waals surface area (Å²) in [5, 5.41) is 0. The minimum absolute atomic E-state index is 0.0917. The Morgan fingerprint density at radius 1 is 1.25 bits per heavy atom. The predicted octanol–water partition coefficient (Wildman–Crippen LogP) is 3.27. The number of carbonyl (C=O) groups excluding carboxylic acids is 1. The van der Waals surface area contributed by atoms with Crippen molar-refractivity contribution in [2.45, 2.75) is 39.5 Å². The molecule has 0 saturated carbocycles. The van der Waals surface area contributed by atoms with E-state index in [9.17, 15) is 4.79 Å². The largest absolute Gasteiger partial charge is 0.290 e. The van der Waals surface area contributed by atoms with Gasteiger partial charge in [0.1, 0.15) is 0 Å². The Balaban J connectivity index is 3.41. The molecule has 0 aliphatic rings. The molecule has 1 heteroatoms. The van der Waals surface area contributed by atoms with E-state index in [1.807, 2.05) is 13.0 Å².